The fourth-order valence-electron chi connectivity index (χ4n) is 4.92. The molecule has 0 saturated carbocycles. The number of fused-ring (bicyclic) bond motifs is 3. The summed E-state index contributed by atoms with van der Waals surface area (Å²) in [4.78, 5) is 19.5. The Morgan fingerprint density at radius 1 is 1.09 bits per heavy atom. The van der Waals surface area contributed by atoms with Gasteiger partial charge in [0.05, 0.1) is 16.3 Å². The Bertz CT molecular complexity index is 1620. The molecule has 4 nitrogen and oxygen atoms in total. The van der Waals surface area contributed by atoms with Gasteiger partial charge in [-0.2, -0.15) is 0 Å². The summed E-state index contributed by atoms with van der Waals surface area (Å²) >= 11 is 4.76. The third kappa shape index (κ3) is 3.56. The molecule has 0 spiro atoms. The molecule has 34 heavy (non-hydrogen) atoms. The molecule has 0 amide bonds. The Balaban J connectivity index is 1.60. The van der Waals surface area contributed by atoms with Crippen molar-refractivity contribution in [2.24, 2.45) is 4.99 Å². The van der Waals surface area contributed by atoms with Gasteiger partial charge in [-0.1, -0.05) is 73.7 Å². The number of benzene rings is 2. The molecule has 0 radical (unpaired) electrons. The minimum atomic E-state index is -0.161. The summed E-state index contributed by atoms with van der Waals surface area (Å²) in [5.74, 6) is 1.10. The molecule has 6 rings (SSSR count). The molecule has 2 aromatic heterocycles. The van der Waals surface area contributed by atoms with E-state index in [4.69, 9.17) is 9.41 Å². The van der Waals surface area contributed by atoms with Crippen LogP contribution in [0.15, 0.2) is 85.1 Å². The average Bonchev–Trinajstić information content (AvgIpc) is 3.40. The quantitative estimate of drug-likeness (QED) is 0.336. The molecule has 1 aliphatic heterocycles. The van der Waals surface area contributed by atoms with Crippen molar-refractivity contribution in [3.63, 3.8) is 0 Å². The van der Waals surface area contributed by atoms with Gasteiger partial charge in [0.15, 0.2) is 9.47 Å². The van der Waals surface area contributed by atoms with E-state index in [2.05, 4.69) is 78.3 Å². The normalized spacial score (nSPS) is 17.4. The van der Waals surface area contributed by atoms with Crippen molar-refractivity contribution < 1.29 is 4.42 Å². The van der Waals surface area contributed by atoms with Crippen LogP contribution in [0.2, 0.25) is 0 Å². The Kier molecular flexibility index (Phi) is 5.30. The number of rotatable bonds is 3. The third-order valence-electron chi connectivity index (χ3n) is 6.66. The van der Waals surface area contributed by atoms with Gasteiger partial charge in [0, 0.05) is 11.6 Å². The van der Waals surface area contributed by atoms with Crippen molar-refractivity contribution in [3.8, 4) is 0 Å². The Morgan fingerprint density at radius 3 is 2.62 bits per heavy atom. The maximum Gasteiger partial charge on any atom is 0.271 e. The van der Waals surface area contributed by atoms with E-state index in [1.54, 1.807) is 0 Å². The Labute approximate surface area is 209 Å². The maximum absolute atomic E-state index is 13.7. The predicted molar refractivity (Wildman–Crippen MR) is 140 cm³/mol. The molecule has 0 bridgehead atoms. The summed E-state index contributed by atoms with van der Waals surface area (Å²) < 4.78 is 8.78. The van der Waals surface area contributed by atoms with Crippen molar-refractivity contribution in [3.05, 3.63) is 119 Å². The molecule has 6 heteroatoms. The Hall–Kier alpha value is -2.96. The molecule has 2 aromatic carbocycles. The van der Waals surface area contributed by atoms with Gasteiger partial charge in [-0.25, -0.2) is 4.99 Å². The molecule has 2 aliphatic rings. The second-order valence-electron chi connectivity index (χ2n) is 9.08. The highest BCUT2D eigenvalue weighted by atomic mass is 79.9. The van der Waals surface area contributed by atoms with E-state index in [9.17, 15) is 4.79 Å². The number of hydrogen-bond donors (Lipinski definition) is 0. The first-order valence-electron chi connectivity index (χ1n) is 11.5. The SMILES string of the molecule is CC(C)c1ccc(C2C3=C(N=c4sc(=Cc5ccc(Br)o5)c(=O)n42)c2ccccc2CC3)cc1. The lowest BCUT2D eigenvalue weighted by Crippen LogP contribution is -2.38. The van der Waals surface area contributed by atoms with Gasteiger partial charge < -0.3 is 4.42 Å². The lowest BCUT2D eigenvalue weighted by Gasteiger charge is -2.31. The molecule has 4 aromatic rings. The number of allylic oxidation sites excluding steroid dienone is 1. The molecule has 1 aliphatic carbocycles. The maximum atomic E-state index is 13.7. The van der Waals surface area contributed by atoms with Gasteiger partial charge in [-0.05, 0) is 69.1 Å². The summed E-state index contributed by atoms with van der Waals surface area (Å²) in [5.41, 5.74) is 7.13. The van der Waals surface area contributed by atoms with E-state index >= 15 is 0 Å². The molecular formula is C28H23BrN2O2S. The standard InChI is InChI=1S/C28H23BrN2O2S/c1-16(2)17-7-9-19(10-8-17)26-22-13-11-18-5-3-4-6-21(18)25(22)30-28-31(26)27(32)23(34-28)15-20-12-14-24(29)33-20/h3-10,12,14-16,26H,11,13H2,1-2H3. The largest absolute Gasteiger partial charge is 0.450 e. The molecular weight excluding hydrogens is 508 g/mol. The number of nitrogens with zero attached hydrogens (tertiary/aromatic N) is 2. The average molecular weight is 531 g/mol. The van der Waals surface area contributed by atoms with Gasteiger partial charge >= 0.3 is 0 Å². The smallest absolute Gasteiger partial charge is 0.271 e. The van der Waals surface area contributed by atoms with Gasteiger partial charge in [0.1, 0.15) is 5.76 Å². The van der Waals surface area contributed by atoms with Crippen LogP contribution in [-0.2, 0) is 6.42 Å². The van der Waals surface area contributed by atoms with Crippen molar-refractivity contribution in [1.82, 2.24) is 4.57 Å². The van der Waals surface area contributed by atoms with Gasteiger partial charge in [-0.15, -0.1) is 0 Å². The van der Waals surface area contributed by atoms with Crippen molar-refractivity contribution >= 4 is 39.0 Å². The molecule has 1 atom stereocenters. The number of halogens is 1. The minimum Gasteiger partial charge on any atom is -0.450 e. The molecule has 0 N–H and O–H groups in total. The van der Waals surface area contributed by atoms with E-state index in [1.807, 2.05) is 22.8 Å². The van der Waals surface area contributed by atoms with Crippen LogP contribution in [0, 0.1) is 0 Å². The van der Waals surface area contributed by atoms with Crippen LogP contribution >= 0.6 is 27.3 Å². The van der Waals surface area contributed by atoms with E-state index in [-0.39, 0.29) is 11.6 Å². The highest BCUT2D eigenvalue weighted by molar-refractivity contribution is 9.10. The molecule has 170 valence electrons. The fourth-order valence-corrected chi connectivity index (χ4v) is 6.22. The summed E-state index contributed by atoms with van der Waals surface area (Å²) in [6, 6.07) is 20.8. The topological polar surface area (TPSA) is 47.5 Å². The first-order valence-corrected chi connectivity index (χ1v) is 13.1. The molecule has 0 saturated heterocycles. The van der Waals surface area contributed by atoms with E-state index in [0.29, 0.717) is 20.9 Å². The zero-order valence-electron chi connectivity index (χ0n) is 18.9. The highest BCUT2D eigenvalue weighted by Gasteiger charge is 2.32. The van der Waals surface area contributed by atoms with Crippen LogP contribution in [-0.4, -0.2) is 4.57 Å². The molecule has 1 unspecified atom stereocenters. The van der Waals surface area contributed by atoms with Crippen LogP contribution in [0.4, 0.5) is 0 Å². The van der Waals surface area contributed by atoms with Crippen LogP contribution in [0.3, 0.4) is 0 Å². The van der Waals surface area contributed by atoms with Crippen molar-refractivity contribution in [1.29, 1.82) is 0 Å². The number of furan rings is 1. The van der Waals surface area contributed by atoms with Crippen LogP contribution in [0.5, 0.6) is 0 Å². The van der Waals surface area contributed by atoms with E-state index in [1.165, 1.54) is 33.6 Å². The zero-order valence-corrected chi connectivity index (χ0v) is 21.3. The number of hydrogen-bond acceptors (Lipinski definition) is 4. The second kappa shape index (κ2) is 8.36. The first-order chi connectivity index (χ1) is 16.5. The number of thiazole rings is 1. The van der Waals surface area contributed by atoms with Gasteiger partial charge in [0.2, 0.25) is 0 Å². The zero-order chi connectivity index (χ0) is 23.4. The van der Waals surface area contributed by atoms with E-state index in [0.717, 1.165) is 28.9 Å². The highest BCUT2D eigenvalue weighted by Crippen LogP contribution is 2.41. The fraction of sp³-hybridized carbons (Fsp3) is 0.214. The molecule has 3 heterocycles. The predicted octanol–water partition coefficient (Wildman–Crippen LogP) is 5.80. The van der Waals surface area contributed by atoms with E-state index < -0.39 is 0 Å². The summed E-state index contributed by atoms with van der Waals surface area (Å²) in [7, 11) is 0. The van der Waals surface area contributed by atoms with Crippen molar-refractivity contribution in [2.75, 3.05) is 0 Å². The van der Waals surface area contributed by atoms with Crippen molar-refractivity contribution in [2.45, 2.75) is 38.6 Å². The number of aryl methyl sites for hydroxylation is 1. The van der Waals surface area contributed by atoms with Crippen LogP contribution < -0.4 is 14.9 Å². The number of aromatic nitrogens is 1. The van der Waals surface area contributed by atoms with Gasteiger partial charge in [0.25, 0.3) is 5.56 Å². The van der Waals surface area contributed by atoms with Gasteiger partial charge in [-0.3, -0.25) is 9.36 Å². The minimum absolute atomic E-state index is 0.0281. The summed E-state index contributed by atoms with van der Waals surface area (Å²) in [6.07, 6.45) is 3.65. The second-order valence-corrected chi connectivity index (χ2v) is 10.9. The lowest BCUT2D eigenvalue weighted by molar-refractivity contribution is 0.531. The monoisotopic (exact) mass is 530 g/mol. The third-order valence-corrected chi connectivity index (χ3v) is 8.07. The first kappa shape index (κ1) is 21.6. The summed E-state index contributed by atoms with van der Waals surface area (Å²) in [5, 5.41) is 0. The van der Waals surface area contributed by atoms with Crippen LogP contribution in [0.1, 0.15) is 60.2 Å². The summed E-state index contributed by atoms with van der Waals surface area (Å²) in [6.45, 7) is 4.40. The molecule has 0 fully saturated rings. The Morgan fingerprint density at radius 2 is 1.88 bits per heavy atom. The van der Waals surface area contributed by atoms with Crippen LogP contribution in [0.25, 0.3) is 11.8 Å². The lowest BCUT2D eigenvalue weighted by atomic mass is 9.83.